The highest BCUT2D eigenvalue weighted by Crippen LogP contribution is 2.28. The number of urea groups is 1. The van der Waals surface area contributed by atoms with Gasteiger partial charge in [-0.25, -0.2) is 14.8 Å². The second-order valence-corrected chi connectivity index (χ2v) is 7.13. The molecule has 1 fully saturated rings. The number of anilines is 2. The van der Waals surface area contributed by atoms with Crippen LogP contribution in [0.1, 0.15) is 41.7 Å². The zero-order chi connectivity index (χ0) is 20.8. The van der Waals surface area contributed by atoms with E-state index in [9.17, 15) is 9.59 Å². The first kappa shape index (κ1) is 20.6. The van der Waals surface area contributed by atoms with Gasteiger partial charge in [0.25, 0.3) is 5.91 Å². The zero-order valence-corrected chi connectivity index (χ0v) is 17.1. The highest BCUT2D eigenvalue weighted by atomic mass is 16.4. The molecule has 0 spiro atoms. The molecule has 0 bridgehead atoms. The van der Waals surface area contributed by atoms with Crippen LogP contribution in [-0.2, 0) is 6.42 Å². The number of rotatable bonds is 6. The van der Waals surface area contributed by atoms with Gasteiger partial charge >= 0.3 is 12.0 Å². The number of oxazole rings is 1. The van der Waals surface area contributed by atoms with Crippen molar-refractivity contribution in [2.75, 3.05) is 36.9 Å². The number of pyridine rings is 1. The van der Waals surface area contributed by atoms with Crippen LogP contribution in [0.15, 0.2) is 22.7 Å². The molecule has 0 radical (unpaired) electrons. The molecular formula is C20H28N6O3. The number of piperidine rings is 1. The van der Waals surface area contributed by atoms with Gasteiger partial charge in [-0.3, -0.25) is 10.1 Å². The monoisotopic (exact) mass is 400 g/mol. The van der Waals surface area contributed by atoms with Crippen LogP contribution >= 0.6 is 0 Å². The van der Waals surface area contributed by atoms with E-state index in [2.05, 4.69) is 30.8 Å². The molecule has 3 rings (SSSR count). The SMILES string of the molecule is CCNC(=O)Nc1ncc(CC2CCN(c3ccc(C(=O)NC)nc3C)CC2)o1. The second-order valence-electron chi connectivity index (χ2n) is 7.13. The van der Waals surface area contributed by atoms with Gasteiger partial charge in [-0.15, -0.1) is 0 Å². The molecule has 29 heavy (non-hydrogen) atoms. The molecule has 0 atom stereocenters. The summed E-state index contributed by atoms with van der Waals surface area (Å²) < 4.78 is 5.64. The van der Waals surface area contributed by atoms with Gasteiger partial charge in [-0.1, -0.05) is 0 Å². The van der Waals surface area contributed by atoms with Crippen LogP contribution in [-0.4, -0.2) is 48.6 Å². The Bertz CT molecular complexity index is 858. The van der Waals surface area contributed by atoms with E-state index in [4.69, 9.17) is 4.42 Å². The van der Waals surface area contributed by atoms with Crippen LogP contribution in [0.25, 0.3) is 0 Å². The summed E-state index contributed by atoms with van der Waals surface area (Å²) in [5.41, 5.74) is 2.37. The molecule has 2 aromatic rings. The zero-order valence-electron chi connectivity index (χ0n) is 17.1. The molecule has 0 aliphatic carbocycles. The summed E-state index contributed by atoms with van der Waals surface area (Å²) in [6, 6.07) is 3.65. The van der Waals surface area contributed by atoms with Gasteiger partial charge in [-0.2, -0.15) is 0 Å². The summed E-state index contributed by atoms with van der Waals surface area (Å²) >= 11 is 0. The number of carbonyl (C=O) groups is 2. The Morgan fingerprint density at radius 3 is 2.69 bits per heavy atom. The molecule has 3 N–H and O–H groups in total. The van der Waals surface area contributed by atoms with E-state index in [1.165, 1.54) is 0 Å². The van der Waals surface area contributed by atoms with Crippen molar-refractivity contribution in [2.24, 2.45) is 5.92 Å². The number of nitrogens with one attached hydrogen (secondary N) is 3. The Morgan fingerprint density at radius 2 is 2.03 bits per heavy atom. The maximum atomic E-state index is 11.7. The summed E-state index contributed by atoms with van der Waals surface area (Å²) in [6.45, 7) is 6.17. The van der Waals surface area contributed by atoms with Gasteiger partial charge in [0.15, 0.2) is 0 Å². The number of amides is 3. The van der Waals surface area contributed by atoms with Crippen molar-refractivity contribution in [1.29, 1.82) is 0 Å². The van der Waals surface area contributed by atoms with Crippen LogP contribution in [0.2, 0.25) is 0 Å². The Labute approximate surface area is 170 Å². The van der Waals surface area contributed by atoms with Crippen molar-refractivity contribution in [3.8, 4) is 0 Å². The molecule has 0 saturated carbocycles. The lowest BCUT2D eigenvalue weighted by Gasteiger charge is -2.34. The van der Waals surface area contributed by atoms with Crippen LogP contribution in [0.4, 0.5) is 16.5 Å². The van der Waals surface area contributed by atoms with Gasteiger partial charge in [0.05, 0.1) is 17.6 Å². The van der Waals surface area contributed by atoms with Crippen molar-refractivity contribution in [3.05, 3.63) is 35.5 Å². The highest BCUT2D eigenvalue weighted by molar-refractivity contribution is 5.92. The largest absolute Gasteiger partial charge is 0.428 e. The first-order valence-electron chi connectivity index (χ1n) is 9.94. The van der Waals surface area contributed by atoms with Crippen molar-refractivity contribution < 1.29 is 14.0 Å². The minimum Gasteiger partial charge on any atom is -0.428 e. The molecule has 1 saturated heterocycles. The third kappa shape index (κ3) is 5.24. The molecule has 2 aromatic heterocycles. The molecule has 0 unspecified atom stereocenters. The molecule has 156 valence electrons. The van der Waals surface area contributed by atoms with Gasteiger partial charge < -0.3 is 20.0 Å². The fraction of sp³-hybridized carbons (Fsp3) is 0.500. The summed E-state index contributed by atoms with van der Waals surface area (Å²) in [5, 5.41) is 7.82. The molecular weight excluding hydrogens is 372 g/mol. The van der Waals surface area contributed by atoms with Crippen molar-refractivity contribution in [3.63, 3.8) is 0 Å². The van der Waals surface area contributed by atoms with Gasteiger partial charge in [-0.05, 0) is 44.7 Å². The maximum absolute atomic E-state index is 11.7. The van der Waals surface area contributed by atoms with Crippen molar-refractivity contribution >= 4 is 23.6 Å². The van der Waals surface area contributed by atoms with E-state index >= 15 is 0 Å². The van der Waals surface area contributed by atoms with Crippen molar-refractivity contribution in [1.82, 2.24) is 20.6 Å². The first-order valence-corrected chi connectivity index (χ1v) is 9.94. The van der Waals surface area contributed by atoms with Crippen LogP contribution in [0.3, 0.4) is 0 Å². The topological polar surface area (TPSA) is 112 Å². The summed E-state index contributed by atoms with van der Waals surface area (Å²) in [7, 11) is 1.60. The van der Waals surface area contributed by atoms with E-state index in [1.807, 2.05) is 19.9 Å². The minimum absolute atomic E-state index is 0.175. The summed E-state index contributed by atoms with van der Waals surface area (Å²) in [6.07, 6.45) is 4.52. The third-order valence-corrected chi connectivity index (χ3v) is 5.07. The average molecular weight is 400 g/mol. The smallest absolute Gasteiger partial charge is 0.322 e. The summed E-state index contributed by atoms with van der Waals surface area (Å²) in [5.74, 6) is 1.10. The van der Waals surface area contributed by atoms with Crippen LogP contribution < -0.4 is 20.9 Å². The van der Waals surface area contributed by atoms with E-state index in [1.54, 1.807) is 19.3 Å². The Hall–Kier alpha value is -3.10. The van der Waals surface area contributed by atoms with E-state index in [-0.39, 0.29) is 18.0 Å². The molecule has 3 heterocycles. The van der Waals surface area contributed by atoms with Gasteiger partial charge in [0, 0.05) is 33.1 Å². The fourth-order valence-corrected chi connectivity index (χ4v) is 3.57. The number of nitrogens with zero attached hydrogens (tertiary/aromatic N) is 3. The van der Waals surface area contributed by atoms with Crippen LogP contribution in [0, 0.1) is 12.8 Å². The Morgan fingerprint density at radius 1 is 1.28 bits per heavy atom. The molecule has 9 nitrogen and oxygen atoms in total. The number of hydrogen-bond donors (Lipinski definition) is 3. The summed E-state index contributed by atoms with van der Waals surface area (Å²) in [4.78, 5) is 34.1. The molecule has 3 amide bonds. The molecule has 1 aliphatic rings. The second kappa shape index (κ2) is 9.40. The lowest BCUT2D eigenvalue weighted by atomic mass is 9.92. The number of carbonyl (C=O) groups excluding carboxylic acids is 2. The molecule has 9 heteroatoms. The fourth-order valence-electron chi connectivity index (χ4n) is 3.57. The molecule has 1 aliphatic heterocycles. The van der Waals surface area contributed by atoms with Gasteiger partial charge in [0.2, 0.25) is 0 Å². The van der Waals surface area contributed by atoms with E-state index in [0.717, 1.165) is 49.5 Å². The average Bonchev–Trinajstić information content (AvgIpc) is 3.14. The standard InChI is InChI=1S/C20H28N6O3/c1-4-22-19(28)25-20-23-12-15(29-20)11-14-7-9-26(10-8-14)17-6-5-16(18(27)21-3)24-13(17)2/h5-6,12,14H,4,7-11H2,1-3H3,(H,21,27)(H2,22,23,25,28). The Balaban J connectivity index is 1.53. The maximum Gasteiger partial charge on any atom is 0.322 e. The Kier molecular flexibility index (Phi) is 6.69. The van der Waals surface area contributed by atoms with Gasteiger partial charge in [0.1, 0.15) is 11.5 Å². The number of hydrogen-bond acceptors (Lipinski definition) is 6. The van der Waals surface area contributed by atoms with E-state index < -0.39 is 0 Å². The highest BCUT2D eigenvalue weighted by Gasteiger charge is 2.23. The predicted octanol–water partition coefficient (Wildman–Crippen LogP) is 2.34. The predicted molar refractivity (Wildman–Crippen MR) is 110 cm³/mol. The molecule has 0 aromatic carbocycles. The lowest BCUT2D eigenvalue weighted by Crippen LogP contribution is -2.35. The lowest BCUT2D eigenvalue weighted by molar-refractivity contribution is 0.0958. The third-order valence-electron chi connectivity index (χ3n) is 5.07. The number of aromatic nitrogens is 2. The van der Waals surface area contributed by atoms with Crippen LogP contribution in [0.5, 0.6) is 0 Å². The minimum atomic E-state index is -0.319. The van der Waals surface area contributed by atoms with E-state index in [0.29, 0.717) is 18.2 Å². The van der Waals surface area contributed by atoms with Crippen molar-refractivity contribution in [2.45, 2.75) is 33.1 Å². The quantitative estimate of drug-likeness (QED) is 0.686. The number of aryl methyl sites for hydroxylation is 1. The normalized spacial score (nSPS) is 14.5. The first-order chi connectivity index (χ1) is 14.0.